The van der Waals surface area contributed by atoms with Crippen molar-refractivity contribution in [3.63, 3.8) is 0 Å². The van der Waals surface area contributed by atoms with Gasteiger partial charge in [-0.05, 0) is 49.4 Å². The molecule has 0 radical (unpaired) electrons. The zero-order valence-corrected chi connectivity index (χ0v) is 21.9. The number of rotatable bonds is 11. The lowest BCUT2D eigenvalue weighted by atomic mass is 10.2. The van der Waals surface area contributed by atoms with Crippen LogP contribution in [-0.4, -0.2) is 49.5 Å². The number of ether oxygens (including phenoxy) is 1. The molecule has 0 atom stereocenters. The number of halogens is 1. The average Bonchev–Trinajstić information content (AvgIpc) is 3.19. The molecular weight excluding hydrogens is 522 g/mol. The molecule has 36 heavy (non-hydrogen) atoms. The molecule has 9 nitrogen and oxygen atoms in total. The van der Waals surface area contributed by atoms with Crippen LogP contribution < -0.4 is 4.80 Å². The van der Waals surface area contributed by atoms with Crippen LogP contribution in [-0.2, 0) is 21.3 Å². The number of nitriles is 2. The number of sulfonamides is 1. The molecule has 1 aromatic heterocycles. The zero-order chi connectivity index (χ0) is 26.1. The molecule has 0 N–H and O–H groups in total. The maximum atomic E-state index is 13.0. The summed E-state index contributed by atoms with van der Waals surface area (Å²) in [5.74, 6) is -0.521. The van der Waals surface area contributed by atoms with E-state index in [0.29, 0.717) is 29.6 Å². The van der Waals surface area contributed by atoms with Crippen LogP contribution >= 0.6 is 22.9 Å². The number of fused-ring (bicyclic) bond motifs is 1. The molecule has 0 spiro atoms. The van der Waals surface area contributed by atoms with Gasteiger partial charge >= 0.3 is 0 Å². The molecule has 0 bridgehead atoms. The highest BCUT2D eigenvalue weighted by molar-refractivity contribution is 7.89. The van der Waals surface area contributed by atoms with Crippen molar-refractivity contribution in [3.8, 4) is 12.1 Å². The van der Waals surface area contributed by atoms with Crippen molar-refractivity contribution in [1.29, 1.82) is 10.5 Å². The molecule has 0 aliphatic rings. The summed E-state index contributed by atoms with van der Waals surface area (Å²) in [6.45, 7) is 3.39. The summed E-state index contributed by atoms with van der Waals surface area (Å²) in [4.78, 5) is 17.7. The normalized spacial score (nSPS) is 12.1. The first kappa shape index (κ1) is 27.5. The van der Waals surface area contributed by atoms with Gasteiger partial charge in [0.1, 0.15) is 0 Å². The van der Waals surface area contributed by atoms with Gasteiger partial charge < -0.3 is 9.30 Å². The van der Waals surface area contributed by atoms with E-state index in [1.165, 1.54) is 35.6 Å². The van der Waals surface area contributed by atoms with Crippen molar-refractivity contribution in [2.75, 3.05) is 26.3 Å². The molecule has 0 fully saturated rings. The van der Waals surface area contributed by atoms with Crippen molar-refractivity contribution in [2.24, 2.45) is 4.99 Å². The lowest BCUT2D eigenvalue weighted by Gasteiger charge is -2.20. The van der Waals surface area contributed by atoms with E-state index in [0.717, 1.165) is 14.5 Å². The first-order valence-corrected chi connectivity index (χ1v) is 13.7. The lowest BCUT2D eigenvalue weighted by Crippen LogP contribution is -2.32. The molecule has 1 amide bonds. The van der Waals surface area contributed by atoms with E-state index in [1.807, 2.05) is 35.8 Å². The smallest absolute Gasteiger partial charge is 0.279 e. The van der Waals surface area contributed by atoms with E-state index in [2.05, 4.69) is 4.99 Å². The van der Waals surface area contributed by atoms with Crippen molar-refractivity contribution in [1.82, 2.24) is 8.87 Å². The van der Waals surface area contributed by atoms with Crippen LogP contribution in [0.5, 0.6) is 0 Å². The van der Waals surface area contributed by atoms with Crippen molar-refractivity contribution >= 4 is 49.1 Å². The van der Waals surface area contributed by atoms with Crippen LogP contribution in [0, 0.1) is 22.7 Å². The predicted octanol–water partition coefficient (Wildman–Crippen LogP) is 3.95. The van der Waals surface area contributed by atoms with Gasteiger partial charge in [0, 0.05) is 49.7 Å². The maximum Gasteiger partial charge on any atom is 0.279 e. The number of aromatic nitrogens is 1. The summed E-state index contributed by atoms with van der Waals surface area (Å²) in [6.07, 6.45) is 0.00751. The predicted molar refractivity (Wildman–Crippen MR) is 137 cm³/mol. The van der Waals surface area contributed by atoms with Crippen LogP contribution in [0.15, 0.2) is 52.4 Å². The molecule has 3 rings (SSSR count). The van der Waals surface area contributed by atoms with Gasteiger partial charge in [-0.25, -0.2) is 8.42 Å². The summed E-state index contributed by atoms with van der Waals surface area (Å²) in [5, 5.41) is 18.3. The Labute approximate surface area is 218 Å². The van der Waals surface area contributed by atoms with Crippen molar-refractivity contribution in [3.05, 3.63) is 57.9 Å². The van der Waals surface area contributed by atoms with Crippen LogP contribution in [0.2, 0.25) is 5.02 Å². The Morgan fingerprint density at radius 1 is 1.14 bits per heavy atom. The summed E-state index contributed by atoms with van der Waals surface area (Å²) < 4.78 is 35.3. The van der Waals surface area contributed by atoms with E-state index < -0.39 is 15.9 Å². The van der Waals surface area contributed by atoms with Crippen molar-refractivity contribution < 1.29 is 17.9 Å². The number of carbonyl (C=O) groups excluding carboxylic acids is 1. The first-order valence-electron chi connectivity index (χ1n) is 11.1. The Morgan fingerprint density at radius 2 is 1.81 bits per heavy atom. The molecular formula is C24H24ClN5O4S2. The third-order valence-electron chi connectivity index (χ3n) is 5.19. The molecule has 12 heteroatoms. The monoisotopic (exact) mass is 545 g/mol. The van der Waals surface area contributed by atoms with Crippen LogP contribution in [0.4, 0.5) is 0 Å². The molecule has 1 heterocycles. The second kappa shape index (κ2) is 12.8. The number of benzene rings is 2. The number of hydrogen-bond acceptors (Lipinski definition) is 7. The summed E-state index contributed by atoms with van der Waals surface area (Å²) >= 11 is 7.46. The Kier molecular flexibility index (Phi) is 9.76. The number of carbonyl (C=O) groups is 1. The van der Waals surface area contributed by atoms with E-state index in [4.69, 9.17) is 26.9 Å². The molecule has 2 aromatic carbocycles. The molecule has 0 unspecified atom stereocenters. The highest BCUT2D eigenvalue weighted by atomic mass is 35.5. The molecule has 188 valence electrons. The SMILES string of the molecule is CCOCCn1c(=NC(=O)c2ccc(S(=O)(=O)N(CCC#N)CCC#N)cc2)sc2cc(Cl)ccc21. The topological polar surface area (TPSA) is 129 Å². The first-order chi connectivity index (χ1) is 17.3. The number of thiazole rings is 1. The van der Waals surface area contributed by atoms with Gasteiger partial charge in [0.05, 0.1) is 33.9 Å². The molecule has 0 aliphatic heterocycles. The standard InChI is InChI=1S/C24H24ClN5O4S2/c1-2-34-16-15-30-21-10-7-19(25)17-22(21)35-24(30)28-23(31)18-5-8-20(9-6-18)36(32,33)29(13-3-11-26)14-4-12-27/h5-10,17H,2-4,13-16H2,1H3. The fraction of sp³-hybridized carbons (Fsp3) is 0.333. The van der Waals surface area contributed by atoms with E-state index in [-0.39, 0.29) is 36.4 Å². The highest BCUT2D eigenvalue weighted by Crippen LogP contribution is 2.22. The van der Waals surface area contributed by atoms with E-state index in [1.54, 1.807) is 6.07 Å². The number of nitrogens with zero attached hydrogens (tertiary/aromatic N) is 5. The Bertz CT molecular complexity index is 1460. The fourth-order valence-corrected chi connectivity index (χ4v) is 6.19. The van der Waals surface area contributed by atoms with Gasteiger partial charge in [-0.2, -0.15) is 19.8 Å². The Balaban J connectivity index is 1.92. The zero-order valence-electron chi connectivity index (χ0n) is 19.6. The molecule has 0 saturated carbocycles. The fourth-order valence-electron chi connectivity index (χ4n) is 3.42. The van der Waals surface area contributed by atoms with Gasteiger partial charge in [-0.1, -0.05) is 22.9 Å². The minimum atomic E-state index is -3.93. The van der Waals surface area contributed by atoms with Crippen LogP contribution in [0.3, 0.4) is 0 Å². The van der Waals surface area contributed by atoms with Gasteiger partial charge in [-0.15, -0.1) is 0 Å². The summed E-state index contributed by atoms with van der Waals surface area (Å²) in [6, 6.07) is 14.8. The second-order valence-corrected chi connectivity index (χ2v) is 10.9. The van der Waals surface area contributed by atoms with Gasteiger partial charge in [0.15, 0.2) is 4.80 Å². The summed E-state index contributed by atoms with van der Waals surface area (Å²) in [5.41, 5.74) is 1.10. The number of amides is 1. The number of hydrogen-bond donors (Lipinski definition) is 0. The summed E-state index contributed by atoms with van der Waals surface area (Å²) in [7, 11) is -3.93. The van der Waals surface area contributed by atoms with Crippen LogP contribution in [0.1, 0.15) is 30.1 Å². The third-order valence-corrected chi connectivity index (χ3v) is 8.38. The highest BCUT2D eigenvalue weighted by Gasteiger charge is 2.24. The maximum absolute atomic E-state index is 13.0. The average molecular weight is 546 g/mol. The largest absolute Gasteiger partial charge is 0.380 e. The van der Waals surface area contributed by atoms with Gasteiger partial charge in [-0.3, -0.25) is 4.79 Å². The molecule has 0 aliphatic carbocycles. The minimum Gasteiger partial charge on any atom is -0.380 e. The molecule has 3 aromatic rings. The van der Waals surface area contributed by atoms with Gasteiger partial charge in [0.2, 0.25) is 10.0 Å². The quantitative estimate of drug-likeness (QED) is 0.335. The Hall–Kier alpha value is -3.06. The minimum absolute atomic E-state index is 0.00375. The Morgan fingerprint density at radius 3 is 2.42 bits per heavy atom. The van der Waals surface area contributed by atoms with Gasteiger partial charge in [0.25, 0.3) is 5.91 Å². The third kappa shape index (κ3) is 6.58. The van der Waals surface area contributed by atoms with E-state index >= 15 is 0 Å². The second-order valence-electron chi connectivity index (χ2n) is 7.51. The van der Waals surface area contributed by atoms with Crippen molar-refractivity contribution in [2.45, 2.75) is 31.2 Å². The lowest BCUT2D eigenvalue weighted by molar-refractivity contribution is 0.0996. The van der Waals surface area contributed by atoms with E-state index in [9.17, 15) is 13.2 Å². The van der Waals surface area contributed by atoms with Crippen LogP contribution in [0.25, 0.3) is 10.2 Å². The molecule has 0 saturated heterocycles.